The molecule has 2 aliphatic rings. The van der Waals surface area contributed by atoms with Crippen LogP contribution in [0, 0.1) is 0 Å². The van der Waals surface area contributed by atoms with E-state index in [1.807, 2.05) is 0 Å². The van der Waals surface area contributed by atoms with E-state index in [0.29, 0.717) is 38.3 Å². The first-order chi connectivity index (χ1) is 10.9. The van der Waals surface area contributed by atoms with Gasteiger partial charge in [-0.1, -0.05) is 0 Å². The molecule has 0 amide bonds. The van der Waals surface area contributed by atoms with Crippen molar-refractivity contribution in [1.29, 1.82) is 0 Å². The van der Waals surface area contributed by atoms with Crippen molar-refractivity contribution in [3.8, 4) is 0 Å². The number of ether oxygens (including phenoxy) is 2. The zero-order valence-electron chi connectivity index (χ0n) is 14.1. The molecule has 8 heteroatoms. The Morgan fingerprint density at radius 2 is 1.70 bits per heavy atom. The lowest BCUT2D eigenvalue weighted by molar-refractivity contribution is 0.0632. The van der Waals surface area contributed by atoms with Crippen LogP contribution in [0.3, 0.4) is 0 Å². The molecule has 1 aromatic heterocycles. The van der Waals surface area contributed by atoms with E-state index in [9.17, 15) is 0 Å². The summed E-state index contributed by atoms with van der Waals surface area (Å²) in [5.41, 5.74) is -0.178. The largest absolute Gasteiger partial charge is 0.377 e. The number of hydrogen-bond acceptors (Lipinski definition) is 7. The molecule has 0 saturated carbocycles. The lowest BCUT2D eigenvalue weighted by atomic mass is 10.0. The van der Waals surface area contributed by atoms with E-state index in [1.165, 1.54) is 0 Å². The molecule has 0 unspecified atom stereocenters. The summed E-state index contributed by atoms with van der Waals surface area (Å²) in [5, 5.41) is 0.221. The zero-order chi connectivity index (χ0) is 16.6. The molecule has 3 rings (SSSR count). The quantitative estimate of drug-likeness (QED) is 0.812. The van der Waals surface area contributed by atoms with E-state index in [2.05, 4.69) is 47.5 Å². The van der Waals surface area contributed by atoms with E-state index in [0.717, 1.165) is 6.54 Å². The molecule has 2 saturated heterocycles. The molecule has 0 radical (unpaired) electrons. The van der Waals surface area contributed by atoms with Crippen molar-refractivity contribution in [2.24, 2.45) is 0 Å². The molecule has 0 bridgehead atoms. The third kappa shape index (κ3) is 3.36. The lowest BCUT2D eigenvalue weighted by Gasteiger charge is -2.43. The van der Waals surface area contributed by atoms with Gasteiger partial charge in [-0.2, -0.15) is 15.0 Å². The molecule has 2 atom stereocenters. The van der Waals surface area contributed by atoms with Crippen LogP contribution in [0.4, 0.5) is 11.9 Å². The van der Waals surface area contributed by atoms with Crippen molar-refractivity contribution in [1.82, 2.24) is 15.0 Å². The Kier molecular flexibility index (Phi) is 4.62. The Hall–Kier alpha value is -1.18. The van der Waals surface area contributed by atoms with Gasteiger partial charge >= 0.3 is 0 Å². The minimum atomic E-state index is -0.178. The number of anilines is 2. The van der Waals surface area contributed by atoms with Crippen molar-refractivity contribution in [3.05, 3.63) is 5.28 Å². The second-order valence-electron chi connectivity index (χ2n) is 6.86. The molecule has 128 valence electrons. The first-order valence-electron chi connectivity index (χ1n) is 8.01. The first kappa shape index (κ1) is 16.7. The fourth-order valence-electron chi connectivity index (χ4n) is 3.19. The van der Waals surface area contributed by atoms with Gasteiger partial charge in [0, 0.05) is 6.54 Å². The number of hydrogen-bond donors (Lipinski definition) is 0. The summed E-state index contributed by atoms with van der Waals surface area (Å²) in [6.07, 6.45) is 0. The van der Waals surface area contributed by atoms with Gasteiger partial charge in [0.05, 0.1) is 44.1 Å². The zero-order valence-corrected chi connectivity index (χ0v) is 14.9. The van der Waals surface area contributed by atoms with Gasteiger partial charge in [-0.15, -0.1) is 0 Å². The molecule has 2 fully saturated rings. The maximum atomic E-state index is 6.20. The summed E-state index contributed by atoms with van der Waals surface area (Å²) in [6, 6.07) is 0.394. The number of nitrogens with zero attached hydrogens (tertiary/aromatic N) is 5. The highest BCUT2D eigenvalue weighted by molar-refractivity contribution is 6.28. The third-order valence-electron chi connectivity index (χ3n) is 4.37. The highest BCUT2D eigenvalue weighted by Gasteiger charge is 2.34. The number of aromatic nitrogens is 3. The molecule has 3 heterocycles. The minimum absolute atomic E-state index is 0.178. The van der Waals surface area contributed by atoms with E-state index in [4.69, 9.17) is 26.1 Å². The van der Waals surface area contributed by atoms with Gasteiger partial charge in [0.25, 0.3) is 0 Å². The molecule has 0 aliphatic carbocycles. The Morgan fingerprint density at radius 1 is 1.04 bits per heavy atom. The Labute approximate surface area is 142 Å². The normalized spacial score (nSPS) is 28.0. The van der Waals surface area contributed by atoms with Crippen molar-refractivity contribution >= 4 is 23.5 Å². The van der Waals surface area contributed by atoms with Crippen LogP contribution in [-0.4, -0.2) is 65.5 Å². The van der Waals surface area contributed by atoms with Crippen molar-refractivity contribution in [2.75, 3.05) is 42.8 Å². The lowest BCUT2D eigenvalue weighted by Crippen LogP contribution is -2.54. The van der Waals surface area contributed by atoms with Crippen molar-refractivity contribution in [3.63, 3.8) is 0 Å². The topological polar surface area (TPSA) is 63.6 Å². The fourth-order valence-corrected chi connectivity index (χ4v) is 3.34. The molecular formula is C15H24ClN5O2. The van der Waals surface area contributed by atoms with Crippen LogP contribution in [-0.2, 0) is 9.47 Å². The molecule has 0 N–H and O–H groups in total. The van der Waals surface area contributed by atoms with Crippen LogP contribution in [0.1, 0.15) is 27.7 Å². The molecule has 7 nitrogen and oxygen atoms in total. The van der Waals surface area contributed by atoms with Crippen LogP contribution in [0.15, 0.2) is 0 Å². The summed E-state index contributed by atoms with van der Waals surface area (Å²) in [5.74, 6) is 1.23. The van der Waals surface area contributed by atoms with E-state index >= 15 is 0 Å². The smallest absolute Gasteiger partial charge is 0.232 e. The van der Waals surface area contributed by atoms with Gasteiger partial charge in [0.1, 0.15) is 0 Å². The predicted molar refractivity (Wildman–Crippen MR) is 89.3 cm³/mol. The number of morpholine rings is 2. The van der Waals surface area contributed by atoms with Crippen LogP contribution in [0.2, 0.25) is 5.28 Å². The first-order valence-corrected chi connectivity index (χ1v) is 8.39. The molecule has 2 aliphatic heterocycles. The second kappa shape index (κ2) is 6.37. The van der Waals surface area contributed by atoms with Gasteiger partial charge < -0.3 is 19.3 Å². The van der Waals surface area contributed by atoms with E-state index < -0.39 is 0 Å². The Bertz CT molecular complexity index is 541. The third-order valence-corrected chi connectivity index (χ3v) is 4.54. The molecular weight excluding hydrogens is 318 g/mol. The summed E-state index contributed by atoms with van der Waals surface area (Å²) in [4.78, 5) is 17.7. The monoisotopic (exact) mass is 341 g/mol. The van der Waals surface area contributed by atoms with Gasteiger partial charge in [0.15, 0.2) is 0 Å². The maximum Gasteiger partial charge on any atom is 0.232 e. The van der Waals surface area contributed by atoms with E-state index in [-0.39, 0.29) is 22.9 Å². The Balaban J connectivity index is 1.96. The maximum absolute atomic E-state index is 6.20. The molecule has 0 spiro atoms. The highest BCUT2D eigenvalue weighted by Crippen LogP contribution is 2.28. The predicted octanol–water partition coefficient (Wildman–Crippen LogP) is 1.75. The standard InChI is InChI=1S/C15H24ClN5O2/c1-10-7-23-8-11(2)21(10)14-18-12(16)17-13(19-14)20-5-6-22-9-15(20,3)4/h10-11H,5-9H2,1-4H3/t10-,11+. The highest BCUT2D eigenvalue weighted by atomic mass is 35.5. The van der Waals surface area contributed by atoms with Crippen LogP contribution in [0.25, 0.3) is 0 Å². The van der Waals surface area contributed by atoms with Crippen LogP contribution in [0.5, 0.6) is 0 Å². The van der Waals surface area contributed by atoms with Gasteiger partial charge in [0.2, 0.25) is 17.2 Å². The average Bonchev–Trinajstić information content (AvgIpc) is 2.46. The Morgan fingerprint density at radius 3 is 2.35 bits per heavy atom. The van der Waals surface area contributed by atoms with Crippen LogP contribution >= 0.6 is 11.6 Å². The summed E-state index contributed by atoms with van der Waals surface area (Å²) < 4.78 is 11.2. The summed E-state index contributed by atoms with van der Waals surface area (Å²) >= 11 is 6.20. The molecule has 1 aromatic rings. The van der Waals surface area contributed by atoms with Gasteiger partial charge in [-0.05, 0) is 39.3 Å². The SMILES string of the molecule is C[C@@H]1COC[C@H](C)N1c1nc(Cl)nc(N2CCOCC2(C)C)n1. The van der Waals surface area contributed by atoms with Gasteiger partial charge in [-0.25, -0.2) is 0 Å². The fraction of sp³-hybridized carbons (Fsp3) is 0.800. The summed E-state index contributed by atoms with van der Waals surface area (Å²) in [7, 11) is 0. The number of halogens is 1. The second-order valence-corrected chi connectivity index (χ2v) is 7.20. The van der Waals surface area contributed by atoms with Crippen molar-refractivity contribution < 1.29 is 9.47 Å². The van der Waals surface area contributed by atoms with Crippen molar-refractivity contribution in [2.45, 2.75) is 45.3 Å². The average molecular weight is 342 g/mol. The number of rotatable bonds is 2. The molecule has 0 aromatic carbocycles. The minimum Gasteiger partial charge on any atom is -0.377 e. The summed E-state index contributed by atoms with van der Waals surface area (Å²) in [6.45, 7) is 11.8. The molecule has 23 heavy (non-hydrogen) atoms. The van der Waals surface area contributed by atoms with E-state index in [1.54, 1.807) is 0 Å². The van der Waals surface area contributed by atoms with Gasteiger partial charge in [-0.3, -0.25) is 0 Å². The van der Waals surface area contributed by atoms with Crippen LogP contribution < -0.4 is 9.80 Å².